The molecular weight excluding hydrogens is 338 g/mol. The van der Waals surface area contributed by atoms with Crippen LogP contribution in [0.25, 0.3) is 0 Å². The maximum atomic E-state index is 12.4. The van der Waals surface area contributed by atoms with Crippen LogP contribution in [-0.4, -0.2) is 44.7 Å². The monoisotopic (exact) mass is 365 g/mol. The number of fused-ring (bicyclic) bond motifs is 1. The minimum Gasteiger partial charge on any atom is -0.337 e. The molecule has 25 heavy (non-hydrogen) atoms. The zero-order valence-electron chi connectivity index (χ0n) is 14.5. The number of piperidine rings is 1. The van der Waals surface area contributed by atoms with Crippen LogP contribution in [0.5, 0.6) is 0 Å². The molecule has 1 aromatic carbocycles. The first-order valence-electron chi connectivity index (χ1n) is 9.03. The fourth-order valence-corrected chi connectivity index (χ4v) is 5.01. The Labute approximate surface area is 149 Å². The number of carbonyl (C=O) groups excluding carboxylic acids is 1. The average molecular weight is 365 g/mol. The summed E-state index contributed by atoms with van der Waals surface area (Å²) in [6.45, 7) is 1.84. The Bertz CT molecular complexity index is 712. The van der Waals surface area contributed by atoms with Gasteiger partial charge in [-0.3, -0.25) is 0 Å². The summed E-state index contributed by atoms with van der Waals surface area (Å²) in [6.07, 6.45) is 4.77. The van der Waals surface area contributed by atoms with Gasteiger partial charge in [0.05, 0.1) is 5.75 Å². The summed E-state index contributed by atoms with van der Waals surface area (Å²) >= 11 is 0. The lowest BCUT2D eigenvalue weighted by atomic mass is 9.83. The lowest BCUT2D eigenvalue weighted by Gasteiger charge is -2.32. The van der Waals surface area contributed by atoms with Gasteiger partial charge >= 0.3 is 6.03 Å². The smallest absolute Gasteiger partial charge is 0.317 e. The highest BCUT2D eigenvalue weighted by Gasteiger charge is 2.26. The number of nitrogens with one attached hydrogen (secondary N) is 1. The lowest BCUT2D eigenvalue weighted by Crippen LogP contribution is -2.46. The second kappa shape index (κ2) is 7.74. The number of nitrogens with two attached hydrogens (primary N) is 1. The van der Waals surface area contributed by atoms with Crippen molar-refractivity contribution < 1.29 is 13.2 Å². The third-order valence-electron chi connectivity index (χ3n) is 5.36. The van der Waals surface area contributed by atoms with E-state index >= 15 is 0 Å². The van der Waals surface area contributed by atoms with E-state index in [-0.39, 0.29) is 17.7 Å². The molecule has 6 nitrogen and oxygen atoms in total. The van der Waals surface area contributed by atoms with Gasteiger partial charge in [-0.1, -0.05) is 24.3 Å². The molecule has 0 radical (unpaired) electrons. The first kappa shape index (κ1) is 18.2. The van der Waals surface area contributed by atoms with E-state index < -0.39 is 10.0 Å². The number of aryl methyl sites for hydroxylation is 1. The maximum Gasteiger partial charge on any atom is 0.317 e. The standard InChI is InChI=1S/C18H27N3O3S/c19-25(23,24)13-14-8-10-21(11-9-14)18(22)20-12-16-6-3-5-15-4-1-2-7-17(15)16/h1-2,4,7,14,16H,3,5-6,8-13H2,(H,20,22)(H2,19,23,24). The van der Waals surface area contributed by atoms with Crippen molar-refractivity contribution in [3.8, 4) is 0 Å². The Balaban J connectivity index is 1.48. The fourth-order valence-electron chi connectivity index (χ4n) is 4.02. The maximum absolute atomic E-state index is 12.4. The Morgan fingerprint density at radius 3 is 2.64 bits per heavy atom. The van der Waals surface area contributed by atoms with Gasteiger partial charge in [0, 0.05) is 25.6 Å². The number of nitrogens with zero attached hydrogens (tertiary/aromatic N) is 1. The molecular formula is C18H27N3O3S. The van der Waals surface area contributed by atoms with Crippen LogP contribution in [-0.2, 0) is 16.4 Å². The summed E-state index contributed by atoms with van der Waals surface area (Å²) in [7, 11) is -3.43. The van der Waals surface area contributed by atoms with Crippen LogP contribution in [0.3, 0.4) is 0 Å². The molecule has 3 N–H and O–H groups in total. The molecule has 2 aliphatic rings. The molecule has 0 aromatic heterocycles. The van der Waals surface area contributed by atoms with E-state index in [9.17, 15) is 13.2 Å². The number of likely N-dealkylation sites (tertiary alicyclic amines) is 1. The molecule has 2 amide bonds. The molecule has 138 valence electrons. The largest absolute Gasteiger partial charge is 0.337 e. The van der Waals surface area contributed by atoms with Gasteiger partial charge in [0.15, 0.2) is 0 Å². The van der Waals surface area contributed by atoms with Crippen LogP contribution in [0.15, 0.2) is 24.3 Å². The molecule has 1 saturated heterocycles. The van der Waals surface area contributed by atoms with Crippen LogP contribution in [0.2, 0.25) is 0 Å². The molecule has 1 heterocycles. The van der Waals surface area contributed by atoms with Crippen LogP contribution in [0, 0.1) is 5.92 Å². The van der Waals surface area contributed by atoms with E-state index in [0.717, 1.165) is 19.3 Å². The summed E-state index contributed by atoms with van der Waals surface area (Å²) in [5.74, 6) is 0.458. The number of sulfonamides is 1. The molecule has 1 atom stereocenters. The number of amides is 2. The molecule has 1 aliphatic heterocycles. The molecule has 0 bridgehead atoms. The van der Waals surface area contributed by atoms with Gasteiger partial charge in [0.1, 0.15) is 0 Å². The van der Waals surface area contributed by atoms with Crippen molar-refractivity contribution in [2.75, 3.05) is 25.4 Å². The van der Waals surface area contributed by atoms with Crippen LogP contribution in [0.1, 0.15) is 42.7 Å². The Morgan fingerprint density at radius 2 is 1.92 bits per heavy atom. The number of primary sulfonamides is 1. The minimum absolute atomic E-state index is 0.0152. The van der Waals surface area contributed by atoms with Crippen LogP contribution < -0.4 is 10.5 Å². The zero-order chi connectivity index (χ0) is 17.9. The predicted molar refractivity (Wildman–Crippen MR) is 97.8 cm³/mol. The minimum atomic E-state index is -3.43. The van der Waals surface area contributed by atoms with Crippen molar-refractivity contribution in [2.24, 2.45) is 11.1 Å². The molecule has 0 spiro atoms. The van der Waals surface area contributed by atoms with Crippen molar-refractivity contribution in [3.05, 3.63) is 35.4 Å². The molecule has 1 unspecified atom stereocenters. The number of benzene rings is 1. The topological polar surface area (TPSA) is 92.5 Å². The summed E-state index contributed by atoms with van der Waals surface area (Å²) in [5.41, 5.74) is 2.76. The van der Waals surface area contributed by atoms with E-state index in [0.29, 0.717) is 38.4 Å². The summed E-state index contributed by atoms with van der Waals surface area (Å²) in [4.78, 5) is 14.2. The Kier molecular flexibility index (Phi) is 5.64. The van der Waals surface area contributed by atoms with E-state index in [2.05, 4.69) is 29.6 Å². The van der Waals surface area contributed by atoms with Gasteiger partial charge in [-0.2, -0.15) is 0 Å². The zero-order valence-corrected chi connectivity index (χ0v) is 15.3. The fraction of sp³-hybridized carbons (Fsp3) is 0.611. The van der Waals surface area contributed by atoms with Crippen molar-refractivity contribution >= 4 is 16.1 Å². The third kappa shape index (κ3) is 4.95. The van der Waals surface area contributed by atoms with E-state index in [1.165, 1.54) is 11.1 Å². The number of urea groups is 1. The third-order valence-corrected chi connectivity index (χ3v) is 6.30. The molecule has 3 rings (SSSR count). The highest BCUT2D eigenvalue weighted by Crippen LogP contribution is 2.30. The molecule has 1 aliphatic carbocycles. The van der Waals surface area contributed by atoms with Crippen molar-refractivity contribution in [1.29, 1.82) is 0 Å². The summed E-state index contributed by atoms with van der Waals surface area (Å²) in [5, 5.41) is 8.18. The Morgan fingerprint density at radius 1 is 1.20 bits per heavy atom. The average Bonchev–Trinajstić information content (AvgIpc) is 2.59. The molecule has 0 saturated carbocycles. The summed E-state index contributed by atoms with van der Waals surface area (Å²) in [6, 6.07) is 8.45. The number of hydrogen-bond donors (Lipinski definition) is 2. The van der Waals surface area contributed by atoms with Gasteiger partial charge in [0.2, 0.25) is 10.0 Å². The van der Waals surface area contributed by atoms with Gasteiger partial charge in [-0.05, 0) is 49.1 Å². The highest BCUT2D eigenvalue weighted by atomic mass is 32.2. The van der Waals surface area contributed by atoms with Crippen molar-refractivity contribution in [1.82, 2.24) is 10.2 Å². The van der Waals surface area contributed by atoms with Gasteiger partial charge in [-0.25, -0.2) is 18.4 Å². The second-order valence-electron chi connectivity index (χ2n) is 7.23. The molecule has 1 fully saturated rings. The first-order valence-corrected chi connectivity index (χ1v) is 10.7. The number of hydrogen-bond acceptors (Lipinski definition) is 3. The summed E-state index contributed by atoms with van der Waals surface area (Å²) < 4.78 is 22.4. The quantitative estimate of drug-likeness (QED) is 0.852. The molecule has 1 aromatic rings. The SMILES string of the molecule is NS(=O)(=O)CC1CCN(C(=O)NCC2CCCc3ccccc32)CC1. The number of carbonyl (C=O) groups is 1. The van der Waals surface area contributed by atoms with Gasteiger partial charge in [-0.15, -0.1) is 0 Å². The van der Waals surface area contributed by atoms with E-state index in [4.69, 9.17) is 5.14 Å². The first-order chi connectivity index (χ1) is 11.9. The lowest BCUT2D eigenvalue weighted by molar-refractivity contribution is 0.173. The van der Waals surface area contributed by atoms with Crippen LogP contribution >= 0.6 is 0 Å². The van der Waals surface area contributed by atoms with Gasteiger partial charge in [0.25, 0.3) is 0 Å². The van der Waals surface area contributed by atoms with Crippen LogP contribution in [0.4, 0.5) is 4.79 Å². The van der Waals surface area contributed by atoms with E-state index in [1.807, 2.05) is 0 Å². The predicted octanol–water partition coefficient (Wildman–Crippen LogP) is 1.82. The van der Waals surface area contributed by atoms with E-state index in [1.54, 1.807) is 4.90 Å². The van der Waals surface area contributed by atoms with Crippen molar-refractivity contribution in [3.63, 3.8) is 0 Å². The number of rotatable bonds is 4. The second-order valence-corrected chi connectivity index (χ2v) is 8.89. The molecule has 7 heteroatoms. The van der Waals surface area contributed by atoms with Gasteiger partial charge < -0.3 is 10.2 Å². The van der Waals surface area contributed by atoms with Crippen molar-refractivity contribution in [2.45, 2.75) is 38.0 Å². The highest BCUT2D eigenvalue weighted by molar-refractivity contribution is 7.89. The normalized spacial score (nSPS) is 21.6. The Hall–Kier alpha value is -1.60.